The number of nitrogens with one attached hydrogen (secondary N) is 1. The molecule has 0 atom stereocenters. The van der Waals surface area contributed by atoms with Crippen molar-refractivity contribution in [2.75, 3.05) is 19.5 Å². The molecule has 1 aliphatic rings. The molecule has 0 heterocycles. The highest BCUT2D eigenvalue weighted by atomic mass is 35.5. The van der Waals surface area contributed by atoms with Gasteiger partial charge in [-0.15, -0.1) is 0 Å². The summed E-state index contributed by atoms with van der Waals surface area (Å²) in [6.07, 6.45) is 2.27. The van der Waals surface area contributed by atoms with Crippen molar-refractivity contribution in [2.45, 2.75) is 24.7 Å². The van der Waals surface area contributed by atoms with Gasteiger partial charge in [-0.1, -0.05) is 30.2 Å². The van der Waals surface area contributed by atoms with Gasteiger partial charge in [-0.3, -0.25) is 4.79 Å². The van der Waals surface area contributed by atoms with Gasteiger partial charge in [0, 0.05) is 6.07 Å². The quantitative estimate of drug-likeness (QED) is 0.847. The standard InChI is InChI=1S/C19H19ClFNO3/c1-24-16-11-17(25-2)15(10-14(16)20)22-18(23)19(7-4-8-19)12-5-3-6-13(21)9-12/h3,5-6,9-11H,4,7-8H2,1-2H3,(H,22,23). The molecule has 0 aliphatic heterocycles. The third kappa shape index (κ3) is 3.16. The van der Waals surface area contributed by atoms with Gasteiger partial charge in [-0.05, 0) is 36.6 Å². The third-order valence-corrected chi connectivity index (χ3v) is 5.04. The Morgan fingerprint density at radius 3 is 2.44 bits per heavy atom. The molecule has 4 nitrogen and oxygen atoms in total. The van der Waals surface area contributed by atoms with E-state index >= 15 is 0 Å². The summed E-state index contributed by atoms with van der Waals surface area (Å²) in [6, 6.07) is 9.43. The number of benzene rings is 2. The second-order valence-corrected chi connectivity index (χ2v) is 6.49. The highest BCUT2D eigenvalue weighted by Crippen LogP contribution is 2.45. The fourth-order valence-corrected chi connectivity index (χ4v) is 3.40. The second kappa shape index (κ2) is 6.92. The molecular weight excluding hydrogens is 345 g/mol. The predicted molar refractivity (Wildman–Crippen MR) is 95.1 cm³/mol. The van der Waals surface area contributed by atoms with Gasteiger partial charge in [-0.25, -0.2) is 4.39 Å². The fraction of sp³-hybridized carbons (Fsp3) is 0.316. The van der Waals surface area contributed by atoms with Gasteiger partial charge in [0.1, 0.15) is 17.3 Å². The number of halogens is 2. The lowest BCUT2D eigenvalue weighted by molar-refractivity contribution is -0.124. The molecule has 1 fully saturated rings. The van der Waals surface area contributed by atoms with Crippen LogP contribution in [0.1, 0.15) is 24.8 Å². The Morgan fingerprint density at radius 1 is 1.16 bits per heavy atom. The smallest absolute Gasteiger partial charge is 0.235 e. The largest absolute Gasteiger partial charge is 0.495 e. The molecule has 132 valence electrons. The van der Waals surface area contributed by atoms with Crippen LogP contribution in [0.3, 0.4) is 0 Å². The Kier molecular flexibility index (Phi) is 4.86. The number of ether oxygens (including phenoxy) is 2. The number of hydrogen-bond donors (Lipinski definition) is 1. The van der Waals surface area contributed by atoms with E-state index in [1.54, 1.807) is 24.3 Å². The lowest BCUT2D eigenvalue weighted by atomic mass is 9.63. The van der Waals surface area contributed by atoms with Crippen LogP contribution in [0, 0.1) is 5.82 Å². The van der Waals surface area contributed by atoms with Crippen molar-refractivity contribution < 1.29 is 18.7 Å². The molecule has 1 aliphatic carbocycles. The van der Waals surface area contributed by atoms with E-state index in [-0.39, 0.29) is 11.7 Å². The van der Waals surface area contributed by atoms with Crippen molar-refractivity contribution in [3.05, 3.63) is 52.8 Å². The summed E-state index contributed by atoms with van der Waals surface area (Å²) in [5.41, 5.74) is 0.426. The van der Waals surface area contributed by atoms with E-state index in [1.165, 1.54) is 26.4 Å². The van der Waals surface area contributed by atoms with Gasteiger partial charge in [0.15, 0.2) is 0 Å². The zero-order valence-electron chi connectivity index (χ0n) is 14.1. The lowest BCUT2D eigenvalue weighted by Gasteiger charge is -2.40. The third-order valence-electron chi connectivity index (χ3n) is 4.74. The van der Waals surface area contributed by atoms with E-state index in [9.17, 15) is 9.18 Å². The lowest BCUT2D eigenvalue weighted by Crippen LogP contribution is -2.46. The average molecular weight is 364 g/mol. The number of hydrogen-bond acceptors (Lipinski definition) is 3. The number of anilines is 1. The van der Waals surface area contributed by atoms with Crippen LogP contribution >= 0.6 is 11.6 Å². The molecule has 0 radical (unpaired) electrons. The minimum Gasteiger partial charge on any atom is -0.495 e. The molecule has 0 aromatic heterocycles. The first-order chi connectivity index (χ1) is 12.0. The highest BCUT2D eigenvalue weighted by molar-refractivity contribution is 6.32. The number of carbonyl (C=O) groups is 1. The molecule has 0 spiro atoms. The number of amides is 1. The molecule has 0 bridgehead atoms. The van der Waals surface area contributed by atoms with Crippen LogP contribution < -0.4 is 14.8 Å². The Bertz CT molecular complexity index is 805. The van der Waals surface area contributed by atoms with E-state index in [2.05, 4.69) is 5.32 Å². The van der Waals surface area contributed by atoms with Gasteiger partial charge in [0.05, 0.1) is 30.3 Å². The van der Waals surface area contributed by atoms with E-state index < -0.39 is 5.41 Å². The molecule has 1 N–H and O–H groups in total. The van der Waals surface area contributed by atoms with Gasteiger partial charge in [0.2, 0.25) is 5.91 Å². The van der Waals surface area contributed by atoms with Crippen LogP contribution in [0.25, 0.3) is 0 Å². The molecule has 6 heteroatoms. The van der Waals surface area contributed by atoms with Crippen molar-refractivity contribution in [3.8, 4) is 11.5 Å². The predicted octanol–water partition coefficient (Wildman–Crippen LogP) is 4.56. The minimum atomic E-state index is -0.723. The minimum absolute atomic E-state index is 0.191. The van der Waals surface area contributed by atoms with E-state index in [4.69, 9.17) is 21.1 Å². The Hall–Kier alpha value is -2.27. The second-order valence-electron chi connectivity index (χ2n) is 6.09. The van der Waals surface area contributed by atoms with Crippen LogP contribution in [0.2, 0.25) is 5.02 Å². The highest BCUT2D eigenvalue weighted by Gasteiger charge is 2.46. The molecule has 0 unspecified atom stereocenters. The first-order valence-corrected chi connectivity index (χ1v) is 8.37. The first-order valence-electron chi connectivity index (χ1n) is 7.99. The molecular formula is C19H19ClFNO3. The molecule has 1 amide bonds. The molecule has 2 aromatic rings. The van der Waals surface area contributed by atoms with Crippen molar-refractivity contribution in [3.63, 3.8) is 0 Å². The molecule has 25 heavy (non-hydrogen) atoms. The van der Waals surface area contributed by atoms with Gasteiger partial charge in [0.25, 0.3) is 0 Å². The fourth-order valence-electron chi connectivity index (χ4n) is 3.16. The summed E-state index contributed by atoms with van der Waals surface area (Å²) in [7, 11) is 3.01. The zero-order valence-corrected chi connectivity index (χ0v) is 14.8. The average Bonchev–Trinajstić information content (AvgIpc) is 2.54. The molecule has 1 saturated carbocycles. The summed E-state index contributed by atoms with van der Waals surface area (Å²) in [5.74, 6) is 0.369. The molecule has 0 saturated heterocycles. The Labute approximate surface area is 150 Å². The monoisotopic (exact) mass is 363 g/mol. The first kappa shape index (κ1) is 17.5. The van der Waals surface area contributed by atoms with Gasteiger partial charge in [-0.2, -0.15) is 0 Å². The number of carbonyl (C=O) groups excluding carboxylic acids is 1. The van der Waals surface area contributed by atoms with Crippen LogP contribution in [-0.2, 0) is 10.2 Å². The summed E-state index contributed by atoms with van der Waals surface area (Å²) < 4.78 is 24.1. The zero-order chi connectivity index (χ0) is 18.0. The van der Waals surface area contributed by atoms with Crippen molar-refractivity contribution in [2.24, 2.45) is 0 Å². The summed E-state index contributed by atoms with van der Waals surface area (Å²) in [6.45, 7) is 0. The van der Waals surface area contributed by atoms with Crippen molar-refractivity contribution in [1.29, 1.82) is 0 Å². The Morgan fingerprint density at radius 2 is 1.88 bits per heavy atom. The van der Waals surface area contributed by atoms with Gasteiger partial charge >= 0.3 is 0 Å². The summed E-state index contributed by atoms with van der Waals surface area (Å²) >= 11 is 6.16. The van der Waals surface area contributed by atoms with Crippen LogP contribution in [0.4, 0.5) is 10.1 Å². The van der Waals surface area contributed by atoms with Crippen LogP contribution in [0.5, 0.6) is 11.5 Å². The van der Waals surface area contributed by atoms with E-state index in [0.29, 0.717) is 40.6 Å². The maximum atomic E-state index is 13.6. The molecule has 2 aromatic carbocycles. The van der Waals surface area contributed by atoms with E-state index in [0.717, 1.165) is 6.42 Å². The maximum absolute atomic E-state index is 13.6. The van der Waals surface area contributed by atoms with E-state index in [1.807, 2.05) is 0 Å². The van der Waals surface area contributed by atoms with Crippen LogP contribution in [-0.4, -0.2) is 20.1 Å². The number of rotatable bonds is 5. The topological polar surface area (TPSA) is 47.6 Å². The van der Waals surface area contributed by atoms with Crippen molar-refractivity contribution in [1.82, 2.24) is 0 Å². The summed E-state index contributed by atoms with van der Waals surface area (Å²) in [5, 5.41) is 3.26. The van der Waals surface area contributed by atoms with Crippen LogP contribution in [0.15, 0.2) is 36.4 Å². The SMILES string of the molecule is COc1cc(OC)c(NC(=O)C2(c3cccc(F)c3)CCC2)cc1Cl. The van der Waals surface area contributed by atoms with Gasteiger partial charge < -0.3 is 14.8 Å². The maximum Gasteiger partial charge on any atom is 0.235 e. The Balaban J connectivity index is 1.92. The normalized spacial score (nSPS) is 15.2. The van der Waals surface area contributed by atoms with Crippen molar-refractivity contribution >= 4 is 23.2 Å². The number of methoxy groups -OCH3 is 2. The summed E-state index contributed by atoms with van der Waals surface area (Å²) in [4.78, 5) is 13.0. The molecule has 3 rings (SSSR count).